The fourth-order valence-electron chi connectivity index (χ4n) is 3.15. The van der Waals surface area contributed by atoms with Gasteiger partial charge in [-0.3, -0.25) is 0 Å². The number of ether oxygens (including phenoxy) is 2. The van der Waals surface area contributed by atoms with Crippen molar-refractivity contribution in [2.24, 2.45) is 23.7 Å². The zero-order chi connectivity index (χ0) is 13.0. The van der Waals surface area contributed by atoms with Crippen LogP contribution in [0, 0.1) is 23.7 Å². The Morgan fingerprint density at radius 1 is 0.706 bits per heavy atom. The van der Waals surface area contributed by atoms with Gasteiger partial charge in [0, 0.05) is 14.2 Å². The van der Waals surface area contributed by atoms with Gasteiger partial charge in [0.1, 0.15) is 0 Å². The van der Waals surface area contributed by atoms with Crippen molar-refractivity contribution in [1.29, 1.82) is 0 Å². The Morgan fingerprint density at radius 2 is 1.06 bits per heavy atom. The summed E-state index contributed by atoms with van der Waals surface area (Å²) in [6.45, 7) is 9.11. The molecule has 1 fully saturated rings. The van der Waals surface area contributed by atoms with Crippen molar-refractivity contribution in [3.63, 3.8) is 0 Å². The third-order valence-corrected chi connectivity index (χ3v) is 4.83. The summed E-state index contributed by atoms with van der Waals surface area (Å²) in [7, 11) is 3.66. The van der Waals surface area contributed by atoms with Gasteiger partial charge in [-0.25, -0.2) is 0 Å². The first-order valence-electron chi connectivity index (χ1n) is 7.05. The second-order valence-electron chi connectivity index (χ2n) is 6.11. The summed E-state index contributed by atoms with van der Waals surface area (Å²) >= 11 is 0. The lowest BCUT2D eigenvalue weighted by atomic mass is 9.68. The molecule has 0 radical (unpaired) electrons. The molecule has 1 rings (SSSR count). The van der Waals surface area contributed by atoms with E-state index in [2.05, 4.69) is 27.7 Å². The minimum absolute atomic E-state index is 0.378. The van der Waals surface area contributed by atoms with Gasteiger partial charge in [0.2, 0.25) is 0 Å². The van der Waals surface area contributed by atoms with E-state index in [-0.39, 0.29) is 0 Å². The summed E-state index contributed by atoms with van der Waals surface area (Å²) in [6, 6.07) is 0. The molecule has 5 atom stereocenters. The number of hydrogen-bond acceptors (Lipinski definition) is 2. The fourth-order valence-corrected chi connectivity index (χ4v) is 3.15. The van der Waals surface area contributed by atoms with Crippen LogP contribution >= 0.6 is 0 Å². The molecule has 102 valence electrons. The third-order valence-electron chi connectivity index (χ3n) is 4.83. The molecule has 1 saturated carbocycles. The van der Waals surface area contributed by atoms with Gasteiger partial charge in [0.15, 0.2) is 0 Å². The van der Waals surface area contributed by atoms with Crippen LogP contribution in [0.4, 0.5) is 0 Å². The first kappa shape index (κ1) is 15.0. The molecule has 1 aliphatic carbocycles. The summed E-state index contributed by atoms with van der Waals surface area (Å²) < 4.78 is 11.1. The molecule has 0 amide bonds. The van der Waals surface area contributed by atoms with E-state index < -0.39 is 0 Å². The van der Waals surface area contributed by atoms with Gasteiger partial charge in [0.25, 0.3) is 0 Å². The molecule has 0 heterocycles. The molecule has 3 unspecified atom stereocenters. The predicted octanol–water partition coefficient (Wildman–Crippen LogP) is 3.74. The summed E-state index contributed by atoms with van der Waals surface area (Å²) in [5.41, 5.74) is 0. The highest BCUT2D eigenvalue weighted by molar-refractivity contribution is 4.85. The second-order valence-corrected chi connectivity index (χ2v) is 6.11. The van der Waals surface area contributed by atoms with E-state index >= 15 is 0 Å². The molecule has 0 bridgehead atoms. The van der Waals surface area contributed by atoms with E-state index in [4.69, 9.17) is 9.47 Å². The van der Waals surface area contributed by atoms with Crippen molar-refractivity contribution in [2.75, 3.05) is 14.2 Å². The van der Waals surface area contributed by atoms with Crippen LogP contribution in [0.1, 0.15) is 47.0 Å². The van der Waals surface area contributed by atoms with Crippen molar-refractivity contribution >= 4 is 0 Å². The van der Waals surface area contributed by atoms with Crippen LogP contribution in [-0.2, 0) is 9.47 Å². The van der Waals surface area contributed by atoms with Gasteiger partial charge in [-0.1, -0.05) is 13.8 Å². The SMILES string of the molecule is COC(C)C1C[C@@H](C(C)C)C[C@@H](C(C)OC)C1. The molecule has 0 aromatic carbocycles. The Balaban J connectivity index is 2.68. The summed E-state index contributed by atoms with van der Waals surface area (Å²) in [6.07, 6.45) is 4.65. The molecule has 0 saturated heterocycles. The average Bonchev–Trinajstić information content (AvgIpc) is 2.36. The van der Waals surface area contributed by atoms with Crippen LogP contribution in [0.5, 0.6) is 0 Å². The largest absolute Gasteiger partial charge is 0.381 e. The zero-order valence-corrected chi connectivity index (χ0v) is 12.4. The maximum atomic E-state index is 5.54. The topological polar surface area (TPSA) is 18.5 Å². The highest BCUT2D eigenvalue weighted by Crippen LogP contribution is 2.41. The first-order chi connectivity index (χ1) is 7.99. The molecule has 2 nitrogen and oxygen atoms in total. The first-order valence-corrected chi connectivity index (χ1v) is 7.05. The van der Waals surface area contributed by atoms with Gasteiger partial charge < -0.3 is 9.47 Å². The van der Waals surface area contributed by atoms with Crippen molar-refractivity contribution in [3.8, 4) is 0 Å². The van der Waals surface area contributed by atoms with E-state index in [0.717, 1.165) is 11.8 Å². The zero-order valence-electron chi connectivity index (χ0n) is 12.4. The minimum atomic E-state index is 0.378. The summed E-state index contributed by atoms with van der Waals surface area (Å²) in [5, 5.41) is 0. The van der Waals surface area contributed by atoms with Crippen LogP contribution in [0.2, 0.25) is 0 Å². The molecule has 0 aromatic rings. The quantitative estimate of drug-likeness (QED) is 0.731. The van der Waals surface area contributed by atoms with Crippen molar-refractivity contribution in [1.82, 2.24) is 0 Å². The van der Waals surface area contributed by atoms with E-state index in [1.165, 1.54) is 19.3 Å². The lowest BCUT2D eigenvalue weighted by Gasteiger charge is -2.40. The molecule has 0 aromatic heterocycles. The Kier molecular flexibility index (Phi) is 5.94. The molecular formula is C15H30O2. The van der Waals surface area contributed by atoms with Crippen LogP contribution in [0.25, 0.3) is 0 Å². The Hall–Kier alpha value is -0.0800. The van der Waals surface area contributed by atoms with E-state index in [9.17, 15) is 0 Å². The molecule has 0 aliphatic heterocycles. The van der Waals surface area contributed by atoms with Crippen LogP contribution < -0.4 is 0 Å². The van der Waals surface area contributed by atoms with Crippen molar-refractivity contribution in [3.05, 3.63) is 0 Å². The van der Waals surface area contributed by atoms with E-state index in [1.54, 1.807) is 0 Å². The average molecular weight is 242 g/mol. The molecule has 1 aliphatic rings. The molecule has 17 heavy (non-hydrogen) atoms. The number of rotatable bonds is 5. The predicted molar refractivity (Wildman–Crippen MR) is 72.1 cm³/mol. The lowest BCUT2D eigenvalue weighted by Crippen LogP contribution is -2.36. The van der Waals surface area contributed by atoms with Gasteiger partial charge >= 0.3 is 0 Å². The number of methoxy groups -OCH3 is 2. The van der Waals surface area contributed by atoms with Gasteiger partial charge in [-0.2, -0.15) is 0 Å². The second kappa shape index (κ2) is 6.75. The summed E-state index contributed by atoms with van der Waals surface area (Å²) in [4.78, 5) is 0. The van der Waals surface area contributed by atoms with Gasteiger partial charge in [0.05, 0.1) is 12.2 Å². The Bertz CT molecular complexity index is 197. The Labute approximate surface area is 107 Å². The van der Waals surface area contributed by atoms with Crippen molar-refractivity contribution in [2.45, 2.75) is 59.2 Å². The maximum absolute atomic E-state index is 5.54. The van der Waals surface area contributed by atoms with Crippen LogP contribution in [-0.4, -0.2) is 26.4 Å². The minimum Gasteiger partial charge on any atom is -0.381 e. The standard InChI is InChI=1S/C15H30O2/c1-10(2)13-7-14(11(3)16-5)9-15(8-13)12(4)17-6/h10-15H,7-9H2,1-6H3/t11?,12?,13-,14+,15?/m0/s1. The van der Waals surface area contributed by atoms with Crippen LogP contribution in [0.3, 0.4) is 0 Å². The normalized spacial score (nSPS) is 33.7. The smallest absolute Gasteiger partial charge is 0.0571 e. The molecule has 0 spiro atoms. The Morgan fingerprint density at radius 3 is 1.35 bits per heavy atom. The molecular weight excluding hydrogens is 212 g/mol. The number of hydrogen-bond donors (Lipinski definition) is 0. The molecule has 0 N–H and O–H groups in total. The monoisotopic (exact) mass is 242 g/mol. The van der Waals surface area contributed by atoms with Gasteiger partial charge in [-0.15, -0.1) is 0 Å². The van der Waals surface area contributed by atoms with Crippen molar-refractivity contribution < 1.29 is 9.47 Å². The van der Waals surface area contributed by atoms with E-state index in [0.29, 0.717) is 24.0 Å². The third kappa shape index (κ3) is 3.96. The summed E-state index contributed by atoms with van der Waals surface area (Å²) in [5.74, 6) is 3.00. The maximum Gasteiger partial charge on any atom is 0.0571 e. The lowest BCUT2D eigenvalue weighted by molar-refractivity contribution is -0.0230. The highest BCUT2D eigenvalue weighted by Gasteiger charge is 2.35. The molecule has 2 heteroatoms. The fraction of sp³-hybridized carbons (Fsp3) is 1.00. The van der Waals surface area contributed by atoms with E-state index in [1.807, 2.05) is 14.2 Å². The van der Waals surface area contributed by atoms with Gasteiger partial charge in [-0.05, 0) is 56.8 Å². The highest BCUT2D eigenvalue weighted by atomic mass is 16.5. The van der Waals surface area contributed by atoms with Crippen LogP contribution in [0.15, 0.2) is 0 Å².